The molecule has 0 aliphatic carbocycles. The van der Waals surface area contributed by atoms with E-state index in [1.165, 1.54) is 6.07 Å². The van der Waals surface area contributed by atoms with Gasteiger partial charge in [-0.1, -0.05) is 23.7 Å². The summed E-state index contributed by atoms with van der Waals surface area (Å²) in [6, 6.07) is 13.8. The van der Waals surface area contributed by atoms with Crippen LogP contribution in [0.4, 0.5) is 5.82 Å². The van der Waals surface area contributed by atoms with Crippen molar-refractivity contribution in [2.24, 2.45) is 5.73 Å². The standard InChI is InChI=1S/C24H24ClN5O4.ClH/c1-33-20-11-18-19(12-21(20)34-2)30(13-27-18)22-7-6-16(24(31)32)23(29-22)28-17(8-9-26)14-4-3-5-15(25)10-14;/h3-7,10-13,17H,8-9,26H2,1-2H3,(H,28,29)(H,31,32);1H. The first-order chi connectivity index (χ1) is 16.4. The molecule has 0 radical (unpaired) electrons. The number of halogens is 2. The summed E-state index contributed by atoms with van der Waals surface area (Å²) in [4.78, 5) is 21.0. The Morgan fingerprint density at radius 1 is 1.17 bits per heavy atom. The fourth-order valence-electron chi connectivity index (χ4n) is 3.76. The van der Waals surface area contributed by atoms with Crippen molar-refractivity contribution in [2.75, 3.05) is 26.1 Å². The Morgan fingerprint density at radius 2 is 1.91 bits per heavy atom. The molecule has 11 heteroatoms. The minimum atomic E-state index is -1.10. The molecule has 2 aromatic carbocycles. The molecule has 1 atom stereocenters. The lowest BCUT2D eigenvalue weighted by Gasteiger charge is -2.21. The second kappa shape index (κ2) is 11.3. The number of ether oxygens (including phenoxy) is 2. The highest BCUT2D eigenvalue weighted by Crippen LogP contribution is 2.33. The smallest absolute Gasteiger partial charge is 0.339 e. The maximum Gasteiger partial charge on any atom is 0.339 e. The average Bonchev–Trinajstić information content (AvgIpc) is 3.25. The van der Waals surface area contributed by atoms with Crippen LogP contribution >= 0.6 is 24.0 Å². The predicted octanol–water partition coefficient (Wildman–Crippen LogP) is 4.71. The monoisotopic (exact) mass is 517 g/mol. The molecule has 0 aliphatic heterocycles. The second-order valence-corrected chi connectivity index (χ2v) is 7.95. The predicted molar refractivity (Wildman–Crippen MR) is 138 cm³/mol. The molecular weight excluding hydrogens is 493 g/mol. The van der Waals surface area contributed by atoms with E-state index in [4.69, 9.17) is 26.8 Å². The fraction of sp³-hybridized carbons (Fsp3) is 0.208. The van der Waals surface area contributed by atoms with E-state index in [2.05, 4.69) is 15.3 Å². The van der Waals surface area contributed by atoms with E-state index in [1.54, 1.807) is 49.4 Å². The van der Waals surface area contributed by atoms with Crippen LogP contribution in [0.2, 0.25) is 5.02 Å². The quantitative estimate of drug-likeness (QED) is 0.291. The number of nitrogens with two attached hydrogens (primary N) is 1. The molecule has 0 bridgehead atoms. The van der Waals surface area contributed by atoms with Crippen LogP contribution in [0.25, 0.3) is 16.9 Å². The Kier molecular flexibility index (Phi) is 8.39. The number of hydrogen-bond donors (Lipinski definition) is 3. The van der Waals surface area contributed by atoms with Gasteiger partial charge in [-0.2, -0.15) is 0 Å². The molecule has 4 rings (SSSR count). The second-order valence-electron chi connectivity index (χ2n) is 7.51. The number of methoxy groups -OCH3 is 2. The van der Waals surface area contributed by atoms with E-state index in [-0.39, 0.29) is 29.8 Å². The number of anilines is 1. The van der Waals surface area contributed by atoms with Gasteiger partial charge in [0.1, 0.15) is 23.5 Å². The van der Waals surface area contributed by atoms with Crippen LogP contribution in [-0.2, 0) is 0 Å². The summed E-state index contributed by atoms with van der Waals surface area (Å²) in [5, 5.41) is 13.6. The number of nitrogens with zero attached hydrogens (tertiary/aromatic N) is 3. The maximum absolute atomic E-state index is 11.9. The number of nitrogens with one attached hydrogen (secondary N) is 1. The van der Waals surface area contributed by atoms with Gasteiger partial charge in [0.2, 0.25) is 0 Å². The number of imidazole rings is 1. The third-order valence-electron chi connectivity index (χ3n) is 5.43. The summed E-state index contributed by atoms with van der Waals surface area (Å²) in [7, 11) is 3.11. The summed E-state index contributed by atoms with van der Waals surface area (Å²) in [6.07, 6.45) is 2.17. The molecule has 0 spiro atoms. The Labute approximate surface area is 213 Å². The van der Waals surface area contributed by atoms with E-state index in [9.17, 15) is 9.90 Å². The first-order valence-corrected chi connectivity index (χ1v) is 10.9. The number of aromatic nitrogens is 3. The van der Waals surface area contributed by atoms with Gasteiger partial charge in [-0.05, 0) is 42.8 Å². The van der Waals surface area contributed by atoms with Gasteiger partial charge in [-0.3, -0.25) is 4.57 Å². The number of carboxylic acids is 1. The molecule has 1 unspecified atom stereocenters. The zero-order chi connectivity index (χ0) is 24.2. The van der Waals surface area contributed by atoms with Crippen molar-refractivity contribution in [3.05, 3.63) is 71.0 Å². The largest absolute Gasteiger partial charge is 0.493 e. The molecule has 0 fully saturated rings. The lowest BCUT2D eigenvalue weighted by molar-refractivity contribution is 0.0697. The van der Waals surface area contributed by atoms with Gasteiger partial charge in [0.25, 0.3) is 0 Å². The van der Waals surface area contributed by atoms with Gasteiger partial charge in [0.15, 0.2) is 11.5 Å². The van der Waals surface area contributed by atoms with Crippen LogP contribution < -0.4 is 20.5 Å². The van der Waals surface area contributed by atoms with E-state index >= 15 is 0 Å². The number of rotatable bonds is 9. The number of aromatic carboxylic acids is 1. The van der Waals surface area contributed by atoms with Crippen molar-refractivity contribution in [3.8, 4) is 17.3 Å². The lowest BCUT2D eigenvalue weighted by Crippen LogP contribution is -2.19. The van der Waals surface area contributed by atoms with Crippen molar-refractivity contribution in [2.45, 2.75) is 12.5 Å². The van der Waals surface area contributed by atoms with Crippen LogP contribution in [0.15, 0.2) is 54.9 Å². The number of pyridine rings is 1. The molecular formula is C24H25Cl2N5O4. The summed E-state index contributed by atoms with van der Waals surface area (Å²) in [5.41, 5.74) is 8.16. The molecule has 2 heterocycles. The van der Waals surface area contributed by atoms with Gasteiger partial charge >= 0.3 is 5.97 Å². The fourth-order valence-corrected chi connectivity index (χ4v) is 3.96. The zero-order valence-electron chi connectivity index (χ0n) is 19.1. The minimum Gasteiger partial charge on any atom is -0.493 e. The molecule has 0 saturated heterocycles. The van der Waals surface area contributed by atoms with Gasteiger partial charge in [0, 0.05) is 17.2 Å². The number of carbonyl (C=O) groups is 1. The minimum absolute atomic E-state index is 0. The molecule has 184 valence electrons. The van der Waals surface area contributed by atoms with Crippen LogP contribution in [0.5, 0.6) is 11.5 Å². The normalized spacial score (nSPS) is 11.5. The molecule has 0 aliphatic rings. The maximum atomic E-state index is 11.9. The van der Waals surface area contributed by atoms with E-state index in [0.717, 1.165) is 11.1 Å². The molecule has 0 saturated carbocycles. The molecule has 35 heavy (non-hydrogen) atoms. The van der Waals surface area contributed by atoms with Crippen LogP contribution in [0, 0.1) is 0 Å². The summed E-state index contributed by atoms with van der Waals surface area (Å²) >= 11 is 6.17. The molecule has 0 amide bonds. The van der Waals surface area contributed by atoms with Crippen molar-refractivity contribution in [1.82, 2.24) is 14.5 Å². The Morgan fingerprint density at radius 3 is 2.57 bits per heavy atom. The summed E-state index contributed by atoms with van der Waals surface area (Å²) < 4.78 is 12.5. The van der Waals surface area contributed by atoms with E-state index < -0.39 is 5.97 Å². The van der Waals surface area contributed by atoms with Crippen molar-refractivity contribution in [3.63, 3.8) is 0 Å². The number of benzene rings is 2. The van der Waals surface area contributed by atoms with Crippen LogP contribution in [-0.4, -0.2) is 46.4 Å². The van der Waals surface area contributed by atoms with Crippen molar-refractivity contribution >= 4 is 46.8 Å². The summed E-state index contributed by atoms with van der Waals surface area (Å²) in [5.74, 6) is 0.704. The number of carboxylic acid groups (broad SMARTS) is 1. The van der Waals surface area contributed by atoms with Gasteiger partial charge < -0.3 is 25.6 Å². The van der Waals surface area contributed by atoms with E-state index in [1.807, 2.05) is 18.2 Å². The number of hydrogen-bond acceptors (Lipinski definition) is 7. The Balaban J connectivity index is 0.00000342. The molecule has 4 aromatic rings. The highest BCUT2D eigenvalue weighted by molar-refractivity contribution is 6.30. The summed E-state index contributed by atoms with van der Waals surface area (Å²) in [6.45, 7) is 0.389. The molecule has 4 N–H and O–H groups in total. The zero-order valence-corrected chi connectivity index (χ0v) is 20.6. The first kappa shape index (κ1) is 26.1. The third-order valence-corrected chi connectivity index (χ3v) is 5.66. The van der Waals surface area contributed by atoms with Crippen LogP contribution in [0.3, 0.4) is 0 Å². The van der Waals surface area contributed by atoms with Gasteiger partial charge in [-0.15, -0.1) is 12.4 Å². The van der Waals surface area contributed by atoms with Gasteiger partial charge in [0.05, 0.1) is 31.3 Å². The number of fused-ring (bicyclic) bond motifs is 1. The van der Waals surface area contributed by atoms with Gasteiger partial charge in [-0.25, -0.2) is 14.8 Å². The Hall–Kier alpha value is -3.53. The lowest BCUT2D eigenvalue weighted by atomic mass is 10.0. The van der Waals surface area contributed by atoms with Crippen molar-refractivity contribution in [1.29, 1.82) is 0 Å². The third kappa shape index (κ3) is 5.43. The van der Waals surface area contributed by atoms with E-state index in [0.29, 0.717) is 40.8 Å². The first-order valence-electron chi connectivity index (χ1n) is 10.5. The molecule has 2 aromatic heterocycles. The van der Waals surface area contributed by atoms with Crippen molar-refractivity contribution < 1.29 is 19.4 Å². The van der Waals surface area contributed by atoms with Crippen LogP contribution in [0.1, 0.15) is 28.4 Å². The SMILES string of the molecule is COc1cc2ncn(-c3ccc(C(=O)O)c(NC(CCN)c4cccc(Cl)c4)n3)c2cc1OC.Cl. The highest BCUT2D eigenvalue weighted by Gasteiger charge is 2.20. The Bertz CT molecular complexity index is 1340. The average molecular weight is 518 g/mol. The topological polar surface area (TPSA) is 125 Å². The molecule has 9 nitrogen and oxygen atoms in total. The highest BCUT2D eigenvalue weighted by atomic mass is 35.5.